The Balaban J connectivity index is 1.64. The van der Waals surface area contributed by atoms with Gasteiger partial charge in [-0.25, -0.2) is 19.3 Å². The van der Waals surface area contributed by atoms with Gasteiger partial charge >= 0.3 is 0 Å². The maximum atomic E-state index is 13.0. The first-order valence-corrected chi connectivity index (χ1v) is 7.52. The van der Waals surface area contributed by atoms with Gasteiger partial charge in [0.05, 0.1) is 12.0 Å². The van der Waals surface area contributed by atoms with Gasteiger partial charge < -0.3 is 9.88 Å². The Kier molecular flexibility index (Phi) is 4.61. The number of hydrogen-bond donors (Lipinski definition) is 1. The molecule has 2 heterocycles. The highest BCUT2D eigenvalue weighted by Crippen LogP contribution is 2.20. The molecule has 2 aromatic heterocycles. The van der Waals surface area contributed by atoms with E-state index in [1.54, 1.807) is 18.3 Å². The largest absolute Gasteiger partial charge is 0.370 e. The van der Waals surface area contributed by atoms with E-state index < -0.39 is 0 Å². The zero-order valence-electron chi connectivity index (χ0n) is 12.9. The Bertz CT molecular complexity index is 753. The Morgan fingerprint density at radius 2 is 2.00 bits per heavy atom. The summed E-state index contributed by atoms with van der Waals surface area (Å²) in [4.78, 5) is 12.8. The standard InChI is InChI=1S/C17H18FN5/c1-13-21-16(14-3-5-15(18)6-4-14)11-17(22-13)20-7-2-9-23-10-8-19-12-23/h3-6,8,10-12H,2,7,9H2,1H3,(H,20,21,22). The van der Waals surface area contributed by atoms with Crippen molar-refractivity contribution in [2.45, 2.75) is 19.9 Å². The molecule has 118 valence electrons. The summed E-state index contributed by atoms with van der Waals surface area (Å²) in [6, 6.07) is 8.20. The molecule has 0 bridgehead atoms. The Hall–Kier alpha value is -2.76. The van der Waals surface area contributed by atoms with Gasteiger partial charge in [0, 0.05) is 37.1 Å². The van der Waals surface area contributed by atoms with Gasteiger partial charge in [-0.05, 0) is 37.6 Å². The van der Waals surface area contributed by atoms with E-state index in [1.807, 2.05) is 30.1 Å². The summed E-state index contributed by atoms with van der Waals surface area (Å²) in [5.41, 5.74) is 1.66. The molecule has 1 aromatic carbocycles. The van der Waals surface area contributed by atoms with Crippen LogP contribution in [0, 0.1) is 12.7 Å². The van der Waals surface area contributed by atoms with E-state index in [-0.39, 0.29) is 5.82 Å². The second-order valence-electron chi connectivity index (χ2n) is 5.27. The van der Waals surface area contributed by atoms with E-state index in [0.29, 0.717) is 5.82 Å². The quantitative estimate of drug-likeness (QED) is 0.710. The minimum Gasteiger partial charge on any atom is -0.370 e. The van der Waals surface area contributed by atoms with Crippen molar-refractivity contribution in [1.82, 2.24) is 19.5 Å². The van der Waals surface area contributed by atoms with Gasteiger partial charge in [-0.3, -0.25) is 0 Å². The normalized spacial score (nSPS) is 10.7. The summed E-state index contributed by atoms with van der Waals surface area (Å²) in [5.74, 6) is 1.21. The molecule has 3 aromatic rings. The molecule has 0 spiro atoms. The van der Waals surface area contributed by atoms with Gasteiger partial charge in [-0.2, -0.15) is 0 Å². The van der Waals surface area contributed by atoms with Crippen molar-refractivity contribution in [2.24, 2.45) is 0 Å². The van der Waals surface area contributed by atoms with Gasteiger partial charge in [0.15, 0.2) is 0 Å². The fourth-order valence-corrected chi connectivity index (χ4v) is 2.32. The Morgan fingerprint density at radius 3 is 2.74 bits per heavy atom. The lowest BCUT2D eigenvalue weighted by atomic mass is 10.1. The summed E-state index contributed by atoms with van der Waals surface area (Å²) in [7, 11) is 0. The monoisotopic (exact) mass is 311 g/mol. The molecule has 0 unspecified atom stereocenters. The third kappa shape index (κ3) is 4.12. The van der Waals surface area contributed by atoms with Crippen molar-refractivity contribution < 1.29 is 4.39 Å². The first-order chi connectivity index (χ1) is 11.2. The van der Waals surface area contributed by atoms with Crippen molar-refractivity contribution in [3.63, 3.8) is 0 Å². The van der Waals surface area contributed by atoms with Gasteiger partial charge in [0.2, 0.25) is 0 Å². The van der Waals surface area contributed by atoms with E-state index in [1.165, 1.54) is 12.1 Å². The van der Waals surface area contributed by atoms with Crippen LogP contribution >= 0.6 is 0 Å². The summed E-state index contributed by atoms with van der Waals surface area (Å²) in [6.07, 6.45) is 6.49. The highest BCUT2D eigenvalue weighted by molar-refractivity contribution is 5.62. The van der Waals surface area contributed by atoms with Gasteiger partial charge in [0.1, 0.15) is 17.5 Å². The van der Waals surface area contributed by atoms with Crippen LogP contribution in [0.3, 0.4) is 0 Å². The predicted octanol–water partition coefficient (Wildman–Crippen LogP) is 3.29. The first kappa shape index (κ1) is 15.1. The lowest BCUT2D eigenvalue weighted by molar-refractivity contribution is 0.628. The van der Waals surface area contributed by atoms with Crippen LogP contribution in [0.4, 0.5) is 10.2 Å². The fourth-order valence-electron chi connectivity index (χ4n) is 2.32. The summed E-state index contributed by atoms with van der Waals surface area (Å²) >= 11 is 0. The number of imidazole rings is 1. The predicted molar refractivity (Wildman–Crippen MR) is 87.5 cm³/mol. The molecule has 0 radical (unpaired) electrons. The maximum absolute atomic E-state index is 13.0. The van der Waals surface area contributed by atoms with Crippen molar-refractivity contribution >= 4 is 5.82 Å². The van der Waals surface area contributed by atoms with E-state index in [4.69, 9.17) is 0 Å². The zero-order chi connectivity index (χ0) is 16.1. The molecule has 23 heavy (non-hydrogen) atoms. The van der Waals surface area contributed by atoms with Crippen LogP contribution in [0.25, 0.3) is 11.3 Å². The fraction of sp³-hybridized carbons (Fsp3) is 0.235. The molecule has 0 saturated heterocycles. The second-order valence-corrected chi connectivity index (χ2v) is 5.27. The van der Waals surface area contributed by atoms with E-state index in [9.17, 15) is 4.39 Å². The Morgan fingerprint density at radius 1 is 1.17 bits per heavy atom. The van der Waals surface area contributed by atoms with Crippen molar-refractivity contribution in [3.05, 3.63) is 60.7 Å². The molecule has 0 fully saturated rings. The lowest BCUT2D eigenvalue weighted by Gasteiger charge is -2.09. The topological polar surface area (TPSA) is 55.6 Å². The first-order valence-electron chi connectivity index (χ1n) is 7.52. The summed E-state index contributed by atoms with van der Waals surface area (Å²) in [5, 5.41) is 3.31. The number of nitrogens with one attached hydrogen (secondary N) is 1. The molecular weight excluding hydrogens is 293 g/mol. The molecule has 0 aliphatic heterocycles. The maximum Gasteiger partial charge on any atom is 0.130 e. The molecule has 0 aliphatic carbocycles. The van der Waals surface area contributed by atoms with Crippen LogP contribution < -0.4 is 5.32 Å². The highest BCUT2D eigenvalue weighted by atomic mass is 19.1. The van der Waals surface area contributed by atoms with Crippen LogP contribution in [0.5, 0.6) is 0 Å². The average Bonchev–Trinajstić information content (AvgIpc) is 3.05. The summed E-state index contributed by atoms with van der Waals surface area (Å²) in [6.45, 7) is 3.56. The van der Waals surface area contributed by atoms with Crippen LogP contribution in [-0.2, 0) is 6.54 Å². The third-order valence-corrected chi connectivity index (χ3v) is 3.44. The lowest BCUT2D eigenvalue weighted by Crippen LogP contribution is -2.08. The molecule has 0 saturated carbocycles. The van der Waals surface area contributed by atoms with Crippen LogP contribution in [0.15, 0.2) is 49.1 Å². The number of anilines is 1. The van der Waals surface area contributed by atoms with Gasteiger partial charge in [-0.1, -0.05) is 0 Å². The van der Waals surface area contributed by atoms with Crippen LogP contribution in [0.1, 0.15) is 12.2 Å². The van der Waals surface area contributed by atoms with E-state index in [2.05, 4.69) is 20.3 Å². The molecule has 6 heteroatoms. The SMILES string of the molecule is Cc1nc(NCCCn2ccnc2)cc(-c2ccc(F)cc2)n1. The van der Waals surface area contributed by atoms with E-state index >= 15 is 0 Å². The average molecular weight is 311 g/mol. The smallest absolute Gasteiger partial charge is 0.130 e. The molecule has 1 N–H and O–H groups in total. The van der Waals surface area contributed by atoms with Crippen molar-refractivity contribution in [1.29, 1.82) is 0 Å². The van der Waals surface area contributed by atoms with Gasteiger partial charge in [0.25, 0.3) is 0 Å². The molecule has 5 nitrogen and oxygen atoms in total. The van der Waals surface area contributed by atoms with E-state index in [0.717, 1.165) is 36.6 Å². The second kappa shape index (κ2) is 7.00. The minimum absolute atomic E-state index is 0.252. The van der Waals surface area contributed by atoms with Crippen molar-refractivity contribution in [2.75, 3.05) is 11.9 Å². The van der Waals surface area contributed by atoms with Gasteiger partial charge in [-0.15, -0.1) is 0 Å². The number of halogens is 1. The number of aryl methyl sites for hydroxylation is 2. The molecule has 3 rings (SSSR count). The van der Waals surface area contributed by atoms with Crippen molar-refractivity contribution in [3.8, 4) is 11.3 Å². The number of rotatable bonds is 6. The van der Waals surface area contributed by atoms with Crippen LogP contribution in [0.2, 0.25) is 0 Å². The molecular formula is C17H18FN5. The number of nitrogens with zero attached hydrogens (tertiary/aromatic N) is 4. The minimum atomic E-state index is -0.252. The molecule has 0 amide bonds. The number of benzene rings is 1. The molecule has 0 aliphatic rings. The number of hydrogen-bond acceptors (Lipinski definition) is 4. The number of aromatic nitrogens is 4. The zero-order valence-corrected chi connectivity index (χ0v) is 12.9. The highest BCUT2D eigenvalue weighted by Gasteiger charge is 2.05. The Labute approximate surface area is 134 Å². The third-order valence-electron chi connectivity index (χ3n) is 3.44. The summed E-state index contributed by atoms with van der Waals surface area (Å²) < 4.78 is 15.1. The van der Waals surface area contributed by atoms with Crippen LogP contribution in [-0.4, -0.2) is 26.1 Å². The molecule has 0 atom stereocenters.